The molecule has 8 aliphatic heterocycles. The number of aromatic nitrogens is 15. The van der Waals surface area contributed by atoms with Crippen molar-refractivity contribution < 1.29 is 66.1 Å². The molecule has 7 aromatic heterocycles. The standard InChI is InChI=1S/2C27H30N6O3.C25H26FN5O3.C24H25FN6O3/c1-18-19(5-6-22-23(18)15-36-27(22)35)9-10-31-11-13-32(14-12-31)26(34)21-3-2-4-24-20(21)7-8-25(30-24)33-17-28-16-29-33;34-26(23-2-1-3-24-22(23)6-7-25(30-24)33-18-28-17-29-33)32-13-11-31(12-14-32)10-8-19-4-5-21-20(16-19)9-15-36-27(21)35;1-17-20(6-7-21-22(17)14-34-25(21)33)23(26)13-29-8-10-30(11-9-29)24(32)12-18-2-4-19(5-3-18)31-16-27-15-28-31;1-16-18(3-4-19-20(16)13-34-24(19)33)21(25)12-29-6-8-30(9-7-29)23(32)10-17-2-5-22(27-11-17)31-15-26-14-28-31/h5-8,16-17,21H,2-4,9-15H2,1H3;4-7,16-18,23H,1-3,8-15H2;2-7,15-16,23H,8-14H2,1H3;2-5,11,14-15,21H,6-10,12-13H2,1H3. The highest BCUT2D eigenvalue weighted by Crippen LogP contribution is 2.39. The number of cyclic esters (lactones) is 4. The van der Waals surface area contributed by atoms with Crippen molar-refractivity contribution in [1.29, 1.82) is 0 Å². The Balaban J connectivity index is 0.000000119. The summed E-state index contributed by atoms with van der Waals surface area (Å²) in [5.74, 6) is 1.35. The highest BCUT2D eigenvalue weighted by atomic mass is 19.1. The molecular formula is C103H111F2N23O12. The van der Waals surface area contributed by atoms with Gasteiger partial charge in [-0.05, 0) is 193 Å². The maximum atomic E-state index is 15.2. The number of esters is 4. The Morgan fingerprint density at radius 3 is 1.28 bits per heavy atom. The Kier molecular flexibility index (Phi) is 29.0. The van der Waals surface area contributed by atoms with E-state index in [1.54, 1.807) is 80.6 Å². The molecule has 5 aromatic carbocycles. The third-order valence-corrected chi connectivity index (χ3v) is 28.7. The van der Waals surface area contributed by atoms with Crippen LogP contribution in [0.3, 0.4) is 0 Å². The van der Waals surface area contributed by atoms with E-state index in [0.29, 0.717) is 111 Å². The number of carbonyl (C=O) groups excluding carboxylic acids is 8. The van der Waals surface area contributed by atoms with E-state index in [1.807, 2.05) is 99.0 Å². The van der Waals surface area contributed by atoms with Crippen LogP contribution in [0, 0.1) is 20.8 Å². The summed E-state index contributed by atoms with van der Waals surface area (Å²) in [6.07, 6.45) is 20.4. The molecule has 22 rings (SSSR count). The maximum Gasteiger partial charge on any atom is 0.338 e. The molecule has 4 amide bonds. The third-order valence-electron chi connectivity index (χ3n) is 28.7. The third kappa shape index (κ3) is 21.4. The summed E-state index contributed by atoms with van der Waals surface area (Å²) in [5, 5.41) is 16.5. The van der Waals surface area contributed by atoms with Crippen LogP contribution in [0.1, 0.15) is 186 Å². The van der Waals surface area contributed by atoms with E-state index in [4.69, 9.17) is 28.9 Å². The monoisotopic (exact) mass is 1900 g/mol. The van der Waals surface area contributed by atoms with Crippen molar-refractivity contribution >= 4 is 47.5 Å². The lowest BCUT2D eigenvalue weighted by Crippen LogP contribution is -2.50. The van der Waals surface area contributed by atoms with Crippen molar-refractivity contribution in [2.45, 2.75) is 135 Å². The molecule has 15 heterocycles. The fourth-order valence-electron chi connectivity index (χ4n) is 20.4. The molecule has 0 radical (unpaired) electrons. The lowest BCUT2D eigenvalue weighted by molar-refractivity contribution is -0.135. The Hall–Kier alpha value is -14.4. The van der Waals surface area contributed by atoms with Gasteiger partial charge in [-0.15, -0.1) is 0 Å². The van der Waals surface area contributed by atoms with Crippen LogP contribution in [-0.4, -0.2) is 298 Å². The fraction of sp³-hybridized carbons (Fsp3) is 0.408. The van der Waals surface area contributed by atoms with Crippen molar-refractivity contribution in [1.82, 2.24) is 113 Å². The number of halogens is 2. The Bertz CT molecular complexity index is 6310. The number of piperazine rings is 4. The second kappa shape index (κ2) is 42.9. The lowest BCUT2D eigenvalue weighted by Gasteiger charge is -2.37. The highest BCUT2D eigenvalue weighted by molar-refractivity contribution is 5.96. The van der Waals surface area contributed by atoms with Gasteiger partial charge < -0.3 is 38.5 Å². The number of benzene rings is 5. The number of alkyl halides is 2. The minimum Gasteiger partial charge on any atom is -0.462 e. The van der Waals surface area contributed by atoms with Gasteiger partial charge >= 0.3 is 23.9 Å². The van der Waals surface area contributed by atoms with E-state index in [2.05, 4.69) is 91.2 Å². The quantitative estimate of drug-likeness (QED) is 0.0450. The molecule has 0 N–H and O–H groups in total. The Labute approximate surface area is 807 Å². The van der Waals surface area contributed by atoms with Gasteiger partial charge in [0.15, 0.2) is 17.5 Å². The van der Waals surface area contributed by atoms with Crippen LogP contribution in [0.2, 0.25) is 0 Å². The lowest BCUT2D eigenvalue weighted by atomic mass is 9.84. The second-order valence-electron chi connectivity index (χ2n) is 36.9. The van der Waals surface area contributed by atoms with Crippen LogP contribution in [0.5, 0.6) is 0 Å². The zero-order chi connectivity index (χ0) is 96.4. The normalized spacial score (nSPS) is 18.4. The first-order valence-corrected chi connectivity index (χ1v) is 48.1. The van der Waals surface area contributed by atoms with Gasteiger partial charge in [-0.2, -0.15) is 20.4 Å². The van der Waals surface area contributed by atoms with Crippen molar-refractivity contribution in [3.8, 4) is 23.1 Å². The van der Waals surface area contributed by atoms with Gasteiger partial charge in [0.2, 0.25) is 23.6 Å². The Morgan fingerprint density at radius 2 is 0.807 bits per heavy atom. The highest BCUT2D eigenvalue weighted by Gasteiger charge is 2.38. The predicted octanol–water partition coefficient (Wildman–Crippen LogP) is 9.31. The van der Waals surface area contributed by atoms with Crippen LogP contribution in [0.25, 0.3) is 23.1 Å². The number of pyridine rings is 3. The average molecular weight is 1900 g/mol. The first-order chi connectivity index (χ1) is 68.2. The van der Waals surface area contributed by atoms with Gasteiger partial charge in [-0.1, -0.05) is 60.7 Å². The molecule has 4 unspecified atom stereocenters. The van der Waals surface area contributed by atoms with Gasteiger partial charge in [-0.3, -0.25) is 38.8 Å². The largest absolute Gasteiger partial charge is 0.462 e. The molecule has 4 atom stereocenters. The molecule has 2 aliphatic carbocycles. The summed E-state index contributed by atoms with van der Waals surface area (Å²) in [5.41, 5.74) is 19.4. The molecule has 4 saturated heterocycles. The van der Waals surface area contributed by atoms with Crippen molar-refractivity contribution in [2.24, 2.45) is 0 Å². The molecule has 12 aromatic rings. The predicted molar refractivity (Wildman–Crippen MR) is 506 cm³/mol. The number of hydrogen-bond acceptors (Lipinski definition) is 27. The molecule has 140 heavy (non-hydrogen) atoms. The smallest absolute Gasteiger partial charge is 0.338 e. The van der Waals surface area contributed by atoms with Crippen LogP contribution in [-0.2, 0) is 103 Å². The molecular weight excluding hydrogens is 1790 g/mol. The number of carbonyl (C=O) groups is 8. The molecule has 10 aliphatic rings. The average Bonchev–Trinajstić information content (AvgIpc) is 0.853. The number of nitrogens with zero attached hydrogens (tertiary/aromatic N) is 23. The van der Waals surface area contributed by atoms with E-state index in [0.717, 1.165) is 208 Å². The second-order valence-corrected chi connectivity index (χ2v) is 36.9. The van der Waals surface area contributed by atoms with Crippen molar-refractivity contribution in [3.05, 3.63) is 289 Å². The summed E-state index contributed by atoms with van der Waals surface area (Å²) < 4.78 is 57.3. The van der Waals surface area contributed by atoms with Crippen molar-refractivity contribution in [2.75, 3.05) is 138 Å². The van der Waals surface area contributed by atoms with Gasteiger partial charge in [0.05, 0.1) is 59.2 Å². The minimum absolute atomic E-state index is 0.0332. The Morgan fingerprint density at radius 1 is 0.400 bits per heavy atom. The zero-order valence-corrected chi connectivity index (χ0v) is 78.7. The molecule has 724 valence electrons. The zero-order valence-electron chi connectivity index (χ0n) is 78.7. The first-order valence-electron chi connectivity index (χ1n) is 48.1. The SMILES string of the molecule is Cc1c(C(F)CN2CCN(C(=O)Cc3ccc(-n4cncn4)cc3)CC2)ccc2c1COC2=O.Cc1c(C(F)CN2CCN(C(=O)Cc3ccc(-n4cncn4)nc3)CC2)ccc2c1COC2=O.Cc1c(CCN2CCN(C(=O)C3CCCc4nc(-n5cncn5)ccc43)CC2)ccc2c1COC2=O.O=C1OCCc2cc(CCN3CCN(C(=O)C4CCCc5nc(-n6cncn6)ccc54)CC3)ccc21. The number of aryl methyl sites for hydroxylation is 2. The summed E-state index contributed by atoms with van der Waals surface area (Å²) in [6, 6.07) is 36.1. The van der Waals surface area contributed by atoms with Gasteiger partial charge in [0.1, 0.15) is 82.8 Å². The topological polar surface area (TPSA) is 361 Å². The maximum absolute atomic E-state index is 15.2. The van der Waals surface area contributed by atoms with Crippen LogP contribution in [0.15, 0.2) is 172 Å². The summed E-state index contributed by atoms with van der Waals surface area (Å²) in [4.78, 5) is 146. The molecule has 4 fully saturated rings. The molecule has 37 heteroatoms. The van der Waals surface area contributed by atoms with Crippen LogP contribution in [0.4, 0.5) is 8.78 Å². The summed E-state index contributed by atoms with van der Waals surface area (Å²) >= 11 is 0. The number of amides is 4. The van der Waals surface area contributed by atoms with E-state index >= 15 is 8.78 Å². The molecule has 0 bridgehead atoms. The van der Waals surface area contributed by atoms with Gasteiger partial charge in [-0.25, -0.2) is 81.6 Å². The summed E-state index contributed by atoms with van der Waals surface area (Å²) in [6.45, 7) is 20.7. The molecule has 0 spiro atoms. The summed E-state index contributed by atoms with van der Waals surface area (Å²) in [7, 11) is 0. The van der Waals surface area contributed by atoms with Crippen LogP contribution < -0.4 is 0 Å². The van der Waals surface area contributed by atoms with Gasteiger partial charge in [0.25, 0.3) is 0 Å². The minimum atomic E-state index is -1.17. The van der Waals surface area contributed by atoms with E-state index in [1.165, 1.54) is 42.0 Å². The van der Waals surface area contributed by atoms with E-state index in [9.17, 15) is 38.4 Å². The van der Waals surface area contributed by atoms with E-state index < -0.39 is 12.3 Å². The van der Waals surface area contributed by atoms with Crippen molar-refractivity contribution in [3.63, 3.8) is 0 Å². The fourth-order valence-corrected chi connectivity index (χ4v) is 20.4. The number of rotatable bonds is 22. The van der Waals surface area contributed by atoms with Crippen LogP contribution >= 0.6 is 0 Å². The number of hydrogen-bond donors (Lipinski definition) is 0. The number of ether oxygens (including phenoxy) is 4. The molecule has 0 saturated carbocycles. The molecule has 35 nitrogen and oxygen atoms in total. The van der Waals surface area contributed by atoms with E-state index in [-0.39, 0.29) is 92.1 Å². The first kappa shape index (κ1) is 94.5. The van der Waals surface area contributed by atoms with Gasteiger partial charge in [0, 0.05) is 172 Å². The number of fused-ring (bicyclic) bond motifs is 6.